The Morgan fingerprint density at radius 2 is 2.15 bits per heavy atom. The predicted molar refractivity (Wildman–Crippen MR) is 51.3 cm³/mol. The molecule has 0 bridgehead atoms. The van der Waals surface area contributed by atoms with Crippen molar-refractivity contribution in [3.63, 3.8) is 0 Å². The smallest absolute Gasteiger partial charge is 0.409 e. The van der Waals surface area contributed by atoms with Gasteiger partial charge in [-0.3, -0.25) is 0 Å². The van der Waals surface area contributed by atoms with Gasteiger partial charge in [-0.1, -0.05) is 12.8 Å². The Morgan fingerprint density at radius 3 is 2.85 bits per heavy atom. The largest absolute Gasteiger partial charge is 0.446 e. The van der Waals surface area contributed by atoms with Crippen LogP contribution in [-0.4, -0.2) is 31.2 Å². The number of ether oxygens (including phenoxy) is 1. The summed E-state index contributed by atoms with van der Waals surface area (Å²) in [5.74, 6) is 0. The van der Waals surface area contributed by atoms with E-state index in [0.717, 1.165) is 12.8 Å². The zero-order chi connectivity index (χ0) is 9.68. The third-order valence-corrected chi connectivity index (χ3v) is 2.24. The molecule has 1 amide bonds. The fourth-order valence-corrected chi connectivity index (χ4v) is 1.43. The van der Waals surface area contributed by atoms with Crippen molar-refractivity contribution in [1.82, 2.24) is 4.90 Å². The third-order valence-electron chi connectivity index (χ3n) is 2.24. The van der Waals surface area contributed by atoms with Gasteiger partial charge in [-0.15, -0.1) is 0 Å². The van der Waals surface area contributed by atoms with Crippen molar-refractivity contribution in [2.45, 2.75) is 38.2 Å². The van der Waals surface area contributed by atoms with Crippen LogP contribution in [0.2, 0.25) is 0 Å². The fourth-order valence-electron chi connectivity index (χ4n) is 1.43. The van der Waals surface area contributed by atoms with Crippen molar-refractivity contribution in [3.05, 3.63) is 6.42 Å². The van der Waals surface area contributed by atoms with Crippen molar-refractivity contribution in [2.75, 3.05) is 14.1 Å². The highest BCUT2D eigenvalue weighted by molar-refractivity contribution is 5.67. The van der Waals surface area contributed by atoms with Crippen LogP contribution in [0.15, 0.2) is 0 Å². The monoisotopic (exact) mass is 184 g/mol. The Morgan fingerprint density at radius 1 is 1.38 bits per heavy atom. The van der Waals surface area contributed by atoms with Gasteiger partial charge in [-0.05, 0) is 19.3 Å². The Bertz CT molecular complexity index is 160. The van der Waals surface area contributed by atoms with Crippen LogP contribution < -0.4 is 0 Å². The Kier molecular flexibility index (Phi) is 4.06. The molecule has 1 rings (SSSR count). The van der Waals surface area contributed by atoms with Crippen LogP contribution in [0.4, 0.5) is 4.79 Å². The number of carbonyl (C=O) groups is 1. The average molecular weight is 184 g/mol. The Labute approximate surface area is 80.1 Å². The van der Waals surface area contributed by atoms with Gasteiger partial charge in [0.2, 0.25) is 0 Å². The molecule has 1 aliphatic rings. The molecule has 0 aliphatic heterocycles. The molecule has 75 valence electrons. The SMILES string of the molecule is CN(C)C(=O)OC1[CH]CCCCC1. The highest BCUT2D eigenvalue weighted by Crippen LogP contribution is 2.19. The molecule has 1 atom stereocenters. The molecule has 1 saturated carbocycles. The number of hydrogen-bond donors (Lipinski definition) is 0. The van der Waals surface area contributed by atoms with E-state index in [4.69, 9.17) is 4.74 Å². The molecular weight excluding hydrogens is 166 g/mol. The van der Waals surface area contributed by atoms with E-state index < -0.39 is 0 Å². The minimum atomic E-state index is -0.233. The van der Waals surface area contributed by atoms with Crippen LogP contribution >= 0.6 is 0 Å². The molecule has 0 aromatic rings. The standard InChI is InChI=1S/C10H18NO2/c1-11(2)10(12)13-9-7-5-3-4-6-8-9/h7,9H,3-6,8H2,1-2H3. The summed E-state index contributed by atoms with van der Waals surface area (Å²) in [6.07, 6.45) is 7.64. The molecule has 0 spiro atoms. The number of amides is 1. The predicted octanol–water partition coefficient (Wildman–Crippen LogP) is 2.22. The van der Waals surface area contributed by atoms with Crippen LogP contribution in [0.5, 0.6) is 0 Å². The first-order valence-corrected chi connectivity index (χ1v) is 4.91. The Hall–Kier alpha value is -0.730. The van der Waals surface area contributed by atoms with E-state index >= 15 is 0 Å². The van der Waals surface area contributed by atoms with E-state index in [-0.39, 0.29) is 12.2 Å². The lowest BCUT2D eigenvalue weighted by molar-refractivity contribution is 0.0839. The second-order valence-electron chi connectivity index (χ2n) is 3.69. The van der Waals surface area contributed by atoms with Gasteiger partial charge in [0, 0.05) is 20.5 Å². The van der Waals surface area contributed by atoms with E-state index in [1.54, 1.807) is 14.1 Å². The highest BCUT2D eigenvalue weighted by Gasteiger charge is 2.17. The molecule has 1 unspecified atom stereocenters. The van der Waals surface area contributed by atoms with Gasteiger partial charge in [0.25, 0.3) is 0 Å². The fraction of sp³-hybridized carbons (Fsp3) is 0.800. The Balaban J connectivity index is 2.29. The van der Waals surface area contributed by atoms with Gasteiger partial charge >= 0.3 is 6.09 Å². The summed E-state index contributed by atoms with van der Waals surface area (Å²) in [5, 5.41) is 0. The normalized spacial score (nSPS) is 19.2. The summed E-state index contributed by atoms with van der Waals surface area (Å²) >= 11 is 0. The van der Waals surface area contributed by atoms with Gasteiger partial charge in [-0.25, -0.2) is 4.79 Å². The van der Waals surface area contributed by atoms with E-state index in [1.807, 2.05) is 0 Å². The van der Waals surface area contributed by atoms with Gasteiger partial charge in [0.1, 0.15) is 6.10 Å². The summed E-state index contributed by atoms with van der Waals surface area (Å²) in [4.78, 5) is 12.7. The average Bonchev–Trinajstić information content (AvgIpc) is 2.32. The third kappa shape index (κ3) is 3.66. The molecule has 0 saturated heterocycles. The molecule has 1 aliphatic carbocycles. The first kappa shape index (κ1) is 10.4. The number of hydrogen-bond acceptors (Lipinski definition) is 2. The first-order valence-electron chi connectivity index (χ1n) is 4.91. The first-order chi connectivity index (χ1) is 6.20. The molecule has 13 heavy (non-hydrogen) atoms. The van der Waals surface area contributed by atoms with Gasteiger partial charge < -0.3 is 9.64 Å². The number of nitrogens with zero attached hydrogens (tertiary/aromatic N) is 1. The van der Waals surface area contributed by atoms with Crippen LogP contribution in [0.1, 0.15) is 32.1 Å². The van der Waals surface area contributed by atoms with Crippen LogP contribution in [0, 0.1) is 6.42 Å². The molecule has 0 aromatic heterocycles. The number of carbonyl (C=O) groups excluding carboxylic acids is 1. The lowest BCUT2D eigenvalue weighted by Crippen LogP contribution is -2.28. The lowest BCUT2D eigenvalue weighted by atomic mass is 10.2. The summed E-state index contributed by atoms with van der Waals surface area (Å²) in [5.41, 5.74) is 0. The second-order valence-corrected chi connectivity index (χ2v) is 3.69. The summed E-state index contributed by atoms with van der Waals surface area (Å²) in [6.45, 7) is 0. The van der Waals surface area contributed by atoms with E-state index in [0.29, 0.717) is 0 Å². The quantitative estimate of drug-likeness (QED) is 0.585. The second kappa shape index (κ2) is 5.10. The summed E-state index contributed by atoms with van der Waals surface area (Å²) in [6, 6.07) is 0. The van der Waals surface area contributed by atoms with Crippen molar-refractivity contribution in [2.24, 2.45) is 0 Å². The van der Waals surface area contributed by atoms with Crippen molar-refractivity contribution >= 4 is 6.09 Å². The molecule has 0 heterocycles. The molecule has 0 N–H and O–H groups in total. The molecule has 1 fully saturated rings. The zero-order valence-corrected chi connectivity index (χ0v) is 8.45. The molecule has 1 radical (unpaired) electrons. The van der Waals surface area contributed by atoms with E-state index in [9.17, 15) is 4.79 Å². The van der Waals surface area contributed by atoms with Crippen LogP contribution in [0.3, 0.4) is 0 Å². The number of rotatable bonds is 1. The van der Waals surface area contributed by atoms with Crippen molar-refractivity contribution in [3.8, 4) is 0 Å². The minimum absolute atomic E-state index is 0.0393. The molecule has 3 heteroatoms. The zero-order valence-electron chi connectivity index (χ0n) is 8.45. The van der Waals surface area contributed by atoms with E-state index in [1.165, 1.54) is 24.2 Å². The van der Waals surface area contributed by atoms with Crippen LogP contribution in [0.25, 0.3) is 0 Å². The summed E-state index contributed by atoms with van der Waals surface area (Å²) in [7, 11) is 3.41. The maximum absolute atomic E-state index is 11.2. The lowest BCUT2D eigenvalue weighted by Gasteiger charge is -2.18. The summed E-state index contributed by atoms with van der Waals surface area (Å²) < 4.78 is 5.26. The highest BCUT2D eigenvalue weighted by atomic mass is 16.6. The topological polar surface area (TPSA) is 29.5 Å². The minimum Gasteiger partial charge on any atom is -0.446 e. The molecule has 0 aromatic carbocycles. The van der Waals surface area contributed by atoms with Gasteiger partial charge in [0.05, 0.1) is 0 Å². The van der Waals surface area contributed by atoms with Gasteiger partial charge in [-0.2, -0.15) is 0 Å². The maximum atomic E-state index is 11.2. The van der Waals surface area contributed by atoms with Crippen LogP contribution in [-0.2, 0) is 4.74 Å². The molecular formula is C10H18NO2. The van der Waals surface area contributed by atoms with Crippen molar-refractivity contribution < 1.29 is 9.53 Å². The van der Waals surface area contributed by atoms with E-state index in [2.05, 4.69) is 6.42 Å². The maximum Gasteiger partial charge on any atom is 0.409 e. The van der Waals surface area contributed by atoms with Crippen molar-refractivity contribution in [1.29, 1.82) is 0 Å². The van der Waals surface area contributed by atoms with Gasteiger partial charge in [0.15, 0.2) is 0 Å². The molecule has 3 nitrogen and oxygen atoms in total.